The Morgan fingerprint density at radius 2 is 2.27 bits per heavy atom. The van der Waals surface area contributed by atoms with Gasteiger partial charge in [0.05, 0.1) is 6.61 Å². The number of nitrogens with zero attached hydrogens (tertiary/aromatic N) is 2. The van der Waals surface area contributed by atoms with E-state index < -0.39 is 0 Å². The van der Waals surface area contributed by atoms with Crippen molar-refractivity contribution in [3.63, 3.8) is 0 Å². The van der Waals surface area contributed by atoms with E-state index in [1.54, 1.807) is 0 Å². The summed E-state index contributed by atoms with van der Waals surface area (Å²) in [4.78, 5) is 6.52. The molecule has 0 saturated heterocycles. The highest BCUT2D eigenvalue weighted by molar-refractivity contribution is 5.17. The molecule has 3 heteroatoms. The lowest BCUT2D eigenvalue weighted by molar-refractivity contribution is 0.120. The van der Waals surface area contributed by atoms with E-state index in [1.165, 1.54) is 5.56 Å². The second-order valence-electron chi connectivity index (χ2n) is 3.68. The van der Waals surface area contributed by atoms with Crippen molar-refractivity contribution < 1.29 is 4.74 Å². The Morgan fingerprint density at radius 3 is 2.93 bits per heavy atom. The fraction of sp³-hybridized carbons (Fsp3) is 0.583. The van der Waals surface area contributed by atoms with E-state index in [1.807, 2.05) is 26.1 Å². The van der Waals surface area contributed by atoms with Crippen LogP contribution in [0.2, 0.25) is 0 Å². The molecular weight excluding hydrogens is 188 g/mol. The van der Waals surface area contributed by atoms with Gasteiger partial charge in [-0.1, -0.05) is 6.07 Å². The molecule has 0 bridgehead atoms. The van der Waals surface area contributed by atoms with Gasteiger partial charge in [0, 0.05) is 31.6 Å². The molecule has 0 radical (unpaired) electrons. The predicted molar refractivity (Wildman–Crippen MR) is 61.8 cm³/mol. The fourth-order valence-electron chi connectivity index (χ4n) is 1.42. The topological polar surface area (TPSA) is 25.4 Å². The van der Waals surface area contributed by atoms with E-state index in [9.17, 15) is 0 Å². The minimum atomic E-state index is 0.791. The number of pyridine rings is 1. The highest BCUT2D eigenvalue weighted by Gasteiger charge is 2.02. The number of hydrogen-bond donors (Lipinski definition) is 0. The zero-order valence-electron chi connectivity index (χ0n) is 9.86. The van der Waals surface area contributed by atoms with Crippen molar-refractivity contribution in [2.24, 2.45) is 0 Å². The highest BCUT2D eigenvalue weighted by atomic mass is 16.5. The number of aromatic nitrogens is 1. The van der Waals surface area contributed by atoms with Crippen molar-refractivity contribution in [3.05, 3.63) is 29.6 Å². The second-order valence-corrected chi connectivity index (χ2v) is 3.68. The van der Waals surface area contributed by atoms with E-state index in [0.717, 1.165) is 32.0 Å². The summed E-state index contributed by atoms with van der Waals surface area (Å²) >= 11 is 0. The number of ether oxygens (including phenoxy) is 1. The van der Waals surface area contributed by atoms with Gasteiger partial charge < -0.3 is 4.74 Å². The second kappa shape index (κ2) is 6.53. The van der Waals surface area contributed by atoms with E-state index in [-0.39, 0.29) is 0 Å². The first-order valence-electron chi connectivity index (χ1n) is 5.40. The molecule has 0 aliphatic carbocycles. The molecule has 0 aliphatic heterocycles. The molecule has 0 unspecified atom stereocenters. The van der Waals surface area contributed by atoms with Crippen LogP contribution in [0.1, 0.15) is 18.2 Å². The van der Waals surface area contributed by atoms with Crippen molar-refractivity contribution in [2.75, 3.05) is 26.8 Å². The Bertz CT molecular complexity index is 289. The average Bonchev–Trinajstić information content (AvgIpc) is 2.22. The molecule has 3 nitrogen and oxygen atoms in total. The van der Waals surface area contributed by atoms with E-state index in [0.29, 0.717) is 0 Å². The molecule has 0 aromatic carbocycles. The SMILES string of the molecule is CCOCCN(C)Cc1cccnc1C. The van der Waals surface area contributed by atoms with Crippen LogP contribution in [0.15, 0.2) is 18.3 Å². The van der Waals surface area contributed by atoms with Gasteiger partial charge in [0.1, 0.15) is 0 Å². The normalized spacial score (nSPS) is 10.9. The zero-order chi connectivity index (χ0) is 11.1. The van der Waals surface area contributed by atoms with Crippen molar-refractivity contribution >= 4 is 0 Å². The molecule has 0 fully saturated rings. The minimum absolute atomic E-state index is 0.791. The van der Waals surface area contributed by atoms with Gasteiger partial charge in [0.25, 0.3) is 0 Å². The maximum Gasteiger partial charge on any atom is 0.0593 e. The largest absolute Gasteiger partial charge is 0.380 e. The molecule has 0 amide bonds. The lowest BCUT2D eigenvalue weighted by atomic mass is 10.2. The van der Waals surface area contributed by atoms with Gasteiger partial charge in [-0.15, -0.1) is 0 Å². The zero-order valence-corrected chi connectivity index (χ0v) is 9.86. The Hall–Kier alpha value is -0.930. The number of aryl methyl sites for hydroxylation is 1. The molecule has 15 heavy (non-hydrogen) atoms. The molecule has 1 aromatic rings. The standard InChI is InChI=1S/C12H20N2O/c1-4-15-9-8-14(3)10-12-6-5-7-13-11(12)2/h5-7H,4,8-10H2,1-3H3. The van der Waals surface area contributed by atoms with Crippen molar-refractivity contribution in [1.29, 1.82) is 0 Å². The molecule has 1 aromatic heterocycles. The highest BCUT2D eigenvalue weighted by Crippen LogP contribution is 2.06. The number of likely N-dealkylation sites (N-methyl/N-ethyl adjacent to an activating group) is 1. The van der Waals surface area contributed by atoms with E-state index in [4.69, 9.17) is 4.74 Å². The van der Waals surface area contributed by atoms with Crippen molar-refractivity contribution in [1.82, 2.24) is 9.88 Å². The lowest BCUT2D eigenvalue weighted by Crippen LogP contribution is -2.23. The summed E-state index contributed by atoms with van der Waals surface area (Å²) in [6.07, 6.45) is 1.83. The van der Waals surface area contributed by atoms with Crippen LogP contribution in [0, 0.1) is 6.92 Å². The van der Waals surface area contributed by atoms with Gasteiger partial charge >= 0.3 is 0 Å². The van der Waals surface area contributed by atoms with Crippen LogP contribution in [-0.2, 0) is 11.3 Å². The molecule has 1 heterocycles. The number of rotatable bonds is 6. The summed E-state index contributed by atoms with van der Waals surface area (Å²) in [5.41, 5.74) is 2.40. The maximum atomic E-state index is 5.31. The van der Waals surface area contributed by atoms with Crippen LogP contribution in [0.25, 0.3) is 0 Å². The molecule has 0 spiro atoms. The summed E-state index contributed by atoms with van der Waals surface area (Å²) in [5.74, 6) is 0. The van der Waals surface area contributed by atoms with Crippen LogP contribution in [-0.4, -0.2) is 36.7 Å². The van der Waals surface area contributed by atoms with Gasteiger partial charge in [0.2, 0.25) is 0 Å². The predicted octanol–water partition coefficient (Wildman–Crippen LogP) is 1.86. The summed E-state index contributed by atoms with van der Waals surface area (Å²) in [5, 5.41) is 0. The van der Waals surface area contributed by atoms with Crippen LogP contribution in [0.3, 0.4) is 0 Å². The molecule has 84 valence electrons. The molecule has 0 N–H and O–H groups in total. The van der Waals surface area contributed by atoms with E-state index in [2.05, 4.69) is 23.0 Å². The van der Waals surface area contributed by atoms with Gasteiger partial charge in [-0.3, -0.25) is 9.88 Å². The Labute approximate surface area is 92.1 Å². The van der Waals surface area contributed by atoms with Crippen LogP contribution < -0.4 is 0 Å². The lowest BCUT2D eigenvalue weighted by Gasteiger charge is -2.17. The third-order valence-corrected chi connectivity index (χ3v) is 2.38. The summed E-state index contributed by atoms with van der Waals surface area (Å²) in [7, 11) is 2.10. The van der Waals surface area contributed by atoms with Crippen LogP contribution >= 0.6 is 0 Å². The molecule has 0 saturated carbocycles. The number of hydrogen-bond acceptors (Lipinski definition) is 3. The Kier molecular flexibility index (Phi) is 5.29. The van der Waals surface area contributed by atoms with Crippen molar-refractivity contribution in [2.45, 2.75) is 20.4 Å². The Balaban J connectivity index is 2.37. The molecule has 1 rings (SSSR count). The summed E-state index contributed by atoms with van der Waals surface area (Å²) < 4.78 is 5.31. The summed E-state index contributed by atoms with van der Waals surface area (Å²) in [6.45, 7) is 7.55. The third kappa shape index (κ3) is 4.40. The summed E-state index contributed by atoms with van der Waals surface area (Å²) in [6, 6.07) is 4.11. The molecular formula is C12H20N2O. The van der Waals surface area contributed by atoms with Crippen molar-refractivity contribution in [3.8, 4) is 0 Å². The van der Waals surface area contributed by atoms with Gasteiger partial charge in [-0.25, -0.2) is 0 Å². The van der Waals surface area contributed by atoms with Gasteiger partial charge in [-0.2, -0.15) is 0 Å². The van der Waals surface area contributed by atoms with E-state index >= 15 is 0 Å². The first kappa shape index (κ1) is 12.1. The average molecular weight is 208 g/mol. The third-order valence-electron chi connectivity index (χ3n) is 2.38. The minimum Gasteiger partial charge on any atom is -0.380 e. The maximum absolute atomic E-state index is 5.31. The van der Waals surface area contributed by atoms with Crippen LogP contribution in [0.5, 0.6) is 0 Å². The quantitative estimate of drug-likeness (QED) is 0.667. The smallest absolute Gasteiger partial charge is 0.0593 e. The molecule has 0 aliphatic rings. The fourth-order valence-corrected chi connectivity index (χ4v) is 1.42. The Morgan fingerprint density at radius 1 is 1.47 bits per heavy atom. The van der Waals surface area contributed by atoms with Gasteiger partial charge in [-0.05, 0) is 32.5 Å². The first-order valence-corrected chi connectivity index (χ1v) is 5.40. The van der Waals surface area contributed by atoms with Crippen LogP contribution in [0.4, 0.5) is 0 Å². The first-order chi connectivity index (χ1) is 7.24. The monoisotopic (exact) mass is 208 g/mol. The van der Waals surface area contributed by atoms with Gasteiger partial charge in [0.15, 0.2) is 0 Å². The molecule has 0 atom stereocenters.